The van der Waals surface area contributed by atoms with Crippen LogP contribution in [0.5, 0.6) is 5.75 Å². The van der Waals surface area contributed by atoms with Crippen molar-refractivity contribution in [3.63, 3.8) is 0 Å². The summed E-state index contributed by atoms with van der Waals surface area (Å²) in [5.41, 5.74) is 0.957. The fraction of sp³-hybridized carbons (Fsp3) is 0.167. The summed E-state index contributed by atoms with van der Waals surface area (Å²) in [5, 5.41) is 9.69. The highest BCUT2D eigenvalue weighted by molar-refractivity contribution is 7.15. The fourth-order valence-corrected chi connectivity index (χ4v) is 4.39. The third-order valence-corrected chi connectivity index (χ3v) is 5.93. The Bertz CT molecular complexity index is 983. The van der Waals surface area contributed by atoms with Crippen molar-refractivity contribution in [2.45, 2.75) is 18.0 Å². The van der Waals surface area contributed by atoms with E-state index in [1.807, 2.05) is 30.3 Å². The second-order valence-corrected chi connectivity index (χ2v) is 8.16. The van der Waals surface area contributed by atoms with E-state index in [0.29, 0.717) is 25.9 Å². The van der Waals surface area contributed by atoms with Crippen LogP contribution in [0.15, 0.2) is 48.5 Å². The van der Waals surface area contributed by atoms with Crippen LogP contribution < -0.4 is 9.64 Å². The van der Waals surface area contributed by atoms with E-state index < -0.39 is 5.38 Å². The molecular weight excluding hydrogens is 429 g/mol. The van der Waals surface area contributed by atoms with Crippen LogP contribution in [-0.4, -0.2) is 21.5 Å². The molecule has 3 aromatic rings. The van der Waals surface area contributed by atoms with Gasteiger partial charge in [-0.05, 0) is 23.8 Å². The van der Waals surface area contributed by atoms with Gasteiger partial charge in [0.1, 0.15) is 17.7 Å². The van der Waals surface area contributed by atoms with Crippen molar-refractivity contribution in [3.8, 4) is 5.75 Å². The predicted molar refractivity (Wildman–Crippen MR) is 107 cm³/mol. The first-order chi connectivity index (χ1) is 13.0. The molecular formula is C18H12Cl3N3O2S. The van der Waals surface area contributed by atoms with Gasteiger partial charge in [0.2, 0.25) is 11.0 Å². The number of amides is 1. The lowest BCUT2D eigenvalue weighted by Crippen LogP contribution is -2.56. The van der Waals surface area contributed by atoms with Crippen molar-refractivity contribution < 1.29 is 9.53 Å². The summed E-state index contributed by atoms with van der Waals surface area (Å²) >= 11 is 19.5. The van der Waals surface area contributed by atoms with Crippen molar-refractivity contribution in [1.29, 1.82) is 0 Å². The monoisotopic (exact) mass is 439 g/mol. The second-order valence-electron chi connectivity index (χ2n) is 5.81. The van der Waals surface area contributed by atoms with Gasteiger partial charge in [-0.25, -0.2) is 0 Å². The predicted octanol–water partition coefficient (Wildman–Crippen LogP) is 5.12. The van der Waals surface area contributed by atoms with E-state index in [0.717, 1.165) is 5.56 Å². The first-order valence-corrected chi connectivity index (χ1v) is 9.98. The highest BCUT2D eigenvalue weighted by Gasteiger charge is 2.49. The van der Waals surface area contributed by atoms with Crippen LogP contribution in [0, 0.1) is 0 Å². The zero-order valence-corrected chi connectivity index (χ0v) is 16.8. The molecule has 0 saturated carbocycles. The minimum atomic E-state index is -0.608. The Labute approximate surface area is 174 Å². The maximum absolute atomic E-state index is 12.3. The van der Waals surface area contributed by atoms with Crippen LogP contribution in [0.3, 0.4) is 0 Å². The minimum absolute atomic E-state index is 0.182. The lowest BCUT2D eigenvalue weighted by Gasteiger charge is -2.42. The number of hydrogen-bond donors (Lipinski definition) is 0. The van der Waals surface area contributed by atoms with E-state index >= 15 is 0 Å². The average molecular weight is 441 g/mol. The number of β-lactam (4-membered cyclic amide) rings is 1. The van der Waals surface area contributed by atoms with Crippen molar-refractivity contribution in [1.82, 2.24) is 10.2 Å². The molecule has 2 atom stereocenters. The molecule has 2 unspecified atom stereocenters. The molecule has 1 aliphatic heterocycles. The molecule has 5 nitrogen and oxygen atoms in total. The molecule has 0 spiro atoms. The van der Waals surface area contributed by atoms with Gasteiger partial charge < -0.3 is 4.74 Å². The molecule has 27 heavy (non-hydrogen) atoms. The maximum atomic E-state index is 12.3. The van der Waals surface area contributed by atoms with Gasteiger partial charge in [-0.2, -0.15) is 0 Å². The van der Waals surface area contributed by atoms with E-state index in [4.69, 9.17) is 39.5 Å². The highest BCUT2D eigenvalue weighted by Crippen LogP contribution is 2.43. The molecule has 4 rings (SSSR count). The summed E-state index contributed by atoms with van der Waals surface area (Å²) in [6.45, 7) is 0.182. The third kappa shape index (κ3) is 3.62. The van der Waals surface area contributed by atoms with Crippen LogP contribution in [-0.2, 0) is 11.4 Å². The SMILES string of the molecule is O=C1C(Cl)C(c2ccccc2)N1c1nnc(COc2ccc(Cl)cc2Cl)s1. The minimum Gasteiger partial charge on any atom is -0.485 e. The number of aromatic nitrogens is 2. The van der Waals surface area contributed by atoms with E-state index in [1.54, 1.807) is 23.1 Å². The summed E-state index contributed by atoms with van der Waals surface area (Å²) in [5.74, 6) is 0.315. The zero-order valence-electron chi connectivity index (χ0n) is 13.7. The van der Waals surface area contributed by atoms with E-state index in [9.17, 15) is 4.79 Å². The van der Waals surface area contributed by atoms with Crippen molar-refractivity contribution in [2.24, 2.45) is 0 Å². The van der Waals surface area contributed by atoms with E-state index in [-0.39, 0.29) is 18.6 Å². The maximum Gasteiger partial charge on any atom is 0.250 e. The quantitative estimate of drug-likeness (QED) is 0.408. The topological polar surface area (TPSA) is 55.3 Å². The molecule has 2 heterocycles. The molecule has 1 aliphatic rings. The standard InChI is InChI=1S/C18H12Cl3N3O2S/c19-11-6-7-13(12(20)8-11)26-9-14-22-23-18(27-14)24-16(15(21)17(24)25)10-4-2-1-3-5-10/h1-8,15-16H,9H2. The average Bonchev–Trinajstić information content (AvgIpc) is 3.13. The summed E-state index contributed by atoms with van der Waals surface area (Å²) in [6.07, 6.45) is 0. The van der Waals surface area contributed by atoms with E-state index in [1.165, 1.54) is 11.3 Å². The molecule has 0 N–H and O–H groups in total. The summed E-state index contributed by atoms with van der Waals surface area (Å²) in [4.78, 5) is 13.9. The zero-order chi connectivity index (χ0) is 19.0. The normalized spacial score (nSPS) is 19.1. The molecule has 1 saturated heterocycles. The van der Waals surface area contributed by atoms with Gasteiger partial charge in [-0.15, -0.1) is 21.8 Å². The van der Waals surface area contributed by atoms with Crippen molar-refractivity contribution in [3.05, 3.63) is 69.1 Å². The van der Waals surface area contributed by atoms with Crippen LogP contribution in [0.2, 0.25) is 10.0 Å². The number of hydrogen-bond acceptors (Lipinski definition) is 5. The lowest BCUT2D eigenvalue weighted by atomic mass is 9.94. The lowest BCUT2D eigenvalue weighted by molar-refractivity contribution is -0.123. The summed E-state index contributed by atoms with van der Waals surface area (Å²) < 4.78 is 5.67. The Hall–Kier alpha value is -1.86. The van der Waals surface area contributed by atoms with Crippen LogP contribution in [0.4, 0.5) is 5.13 Å². The molecule has 0 bridgehead atoms. The molecule has 1 aromatic heterocycles. The van der Waals surface area contributed by atoms with Gasteiger partial charge >= 0.3 is 0 Å². The number of benzene rings is 2. The first kappa shape index (κ1) is 18.5. The highest BCUT2D eigenvalue weighted by atomic mass is 35.5. The molecule has 0 radical (unpaired) electrons. The number of carbonyl (C=O) groups excluding carboxylic acids is 1. The molecule has 1 amide bonds. The number of carbonyl (C=O) groups is 1. The Morgan fingerprint density at radius 3 is 2.63 bits per heavy atom. The third-order valence-electron chi connectivity index (χ3n) is 4.08. The fourth-order valence-electron chi connectivity index (χ4n) is 2.77. The van der Waals surface area contributed by atoms with Gasteiger partial charge in [0.05, 0.1) is 11.1 Å². The van der Waals surface area contributed by atoms with Gasteiger partial charge in [0.25, 0.3) is 0 Å². The number of ether oxygens (including phenoxy) is 1. The van der Waals surface area contributed by atoms with Gasteiger partial charge in [-0.1, -0.05) is 64.9 Å². The molecule has 1 fully saturated rings. The molecule has 9 heteroatoms. The largest absolute Gasteiger partial charge is 0.485 e. The second kappa shape index (κ2) is 7.64. The van der Waals surface area contributed by atoms with Gasteiger partial charge in [-0.3, -0.25) is 9.69 Å². The number of alkyl halides is 1. The Morgan fingerprint density at radius 1 is 1.11 bits per heavy atom. The molecule has 0 aliphatic carbocycles. The van der Waals surface area contributed by atoms with E-state index in [2.05, 4.69) is 10.2 Å². The van der Waals surface area contributed by atoms with Gasteiger partial charge in [0.15, 0.2) is 5.01 Å². The van der Waals surface area contributed by atoms with Gasteiger partial charge in [0, 0.05) is 5.02 Å². The van der Waals surface area contributed by atoms with Crippen molar-refractivity contribution >= 4 is 57.2 Å². The smallest absolute Gasteiger partial charge is 0.250 e. The Balaban J connectivity index is 1.49. The Kier molecular flexibility index (Phi) is 5.23. The molecule has 138 valence electrons. The first-order valence-electron chi connectivity index (χ1n) is 7.97. The van der Waals surface area contributed by atoms with Crippen molar-refractivity contribution in [2.75, 3.05) is 4.90 Å². The van der Waals surface area contributed by atoms with Crippen LogP contribution in [0.25, 0.3) is 0 Å². The van der Waals surface area contributed by atoms with Crippen LogP contribution >= 0.6 is 46.1 Å². The number of halogens is 3. The summed E-state index contributed by atoms with van der Waals surface area (Å²) in [6, 6.07) is 14.3. The number of anilines is 1. The Morgan fingerprint density at radius 2 is 1.89 bits per heavy atom. The van der Waals surface area contributed by atoms with Crippen LogP contribution in [0.1, 0.15) is 16.6 Å². The summed E-state index contributed by atoms with van der Waals surface area (Å²) in [7, 11) is 0. The molecule has 2 aromatic carbocycles. The number of nitrogens with zero attached hydrogens (tertiary/aromatic N) is 3. The number of rotatable bonds is 5.